The van der Waals surface area contributed by atoms with E-state index in [1.165, 1.54) is 0 Å². The SMILES string of the molecule is Cc1cccc(C)c1Nc1nccnc1C(N)=S. The molecule has 0 fully saturated rings. The number of aromatic nitrogens is 2. The number of thiocarbonyl (C=S) groups is 1. The van der Waals surface area contributed by atoms with Crippen molar-refractivity contribution in [3.8, 4) is 0 Å². The number of anilines is 2. The molecule has 1 heterocycles. The molecule has 0 amide bonds. The van der Waals surface area contributed by atoms with Crippen LogP contribution in [0.25, 0.3) is 0 Å². The largest absolute Gasteiger partial charge is 0.388 e. The molecule has 1 aromatic carbocycles. The highest BCUT2D eigenvalue weighted by Crippen LogP contribution is 2.24. The monoisotopic (exact) mass is 258 g/mol. The molecule has 4 nitrogen and oxygen atoms in total. The van der Waals surface area contributed by atoms with Crippen LogP contribution in [0.5, 0.6) is 0 Å². The predicted molar refractivity (Wildman–Crippen MR) is 77.1 cm³/mol. The molecule has 0 saturated heterocycles. The van der Waals surface area contributed by atoms with E-state index in [1.807, 2.05) is 32.0 Å². The first-order valence-electron chi connectivity index (χ1n) is 5.53. The van der Waals surface area contributed by atoms with Crippen LogP contribution in [0, 0.1) is 13.8 Å². The number of hydrogen-bond acceptors (Lipinski definition) is 4. The van der Waals surface area contributed by atoms with Crippen molar-refractivity contribution in [1.29, 1.82) is 0 Å². The Labute approximate surface area is 111 Å². The zero-order chi connectivity index (χ0) is 13.1. The van der Waals surface area contributed by atoms with Crippen molar-refractivity contribution in [3.05, 3.63) is 47.4 Å². The number of nitrogens with one attached hydrogen (secondary N) is 1. The van der Waals surface area contributed by atoms with Crippen LogP contribution in [0.15, 0.2) is 30.6 Å². The van der Waals surface area contributed by atoms with Crippen molar-refractivity contribution in [2.45, 2.75) is 13.8 Å². The molecule has 0 bridgehead atoms. The smallest absolute Gasteiger partial charge is 0.159 e. The molecule has 0 atom stereocenters. The molecule has 0 spiro atoms. The minimum absolute atomic E-state index is 0.233. The molecule has 2 rings (SSSR count). The lowest BCUT2D eigenvalue weighted by Crippen LogP contribution is -2.15. The van der Waals surface area contributed by atoms with Crippen molar-refractivity contribution in [3.63, 3.8) is 0 Å². The third-order valence-electron chi connectivity index (χ3n) is 2.66. The molecule has 0 unspecified atom stereocenters. The predicted octanol–water partition coefficient (Wildman–Crippen LogP) is 2.47. The maximum absolute atomic E-state index is 5.63. The van der Waals surface area contributed by atoms with Crippen LogP contribution in [-0.4, -0.2) is 15.0 Å². The quantitative estimate of drug-likeness (QED) is 0.828. The third kappa shape index (κ3) is 2.46. The van der Waals surface area contributed by atoms with Crippen LogP contribution in [0.2, 0.25) is 0 Å². The van der Waals surface area contributed by atoms with Crippen molar-refractivity contribution in [2.24, 2.45) is 5.73 Å². The van der Waals surface area contributed by atoms with E-state index in [-0.39, 0.29) is 4.99 Å². The second-order valence-corrected chi connectivity index (χ2v) is 4.45. The zero-order valence-corrected chi connectivity index (χ0v) is 11.1. The van der Waals surface area contributed by atoms with Gasteiger partial charge in [-0.2, -0.15) is 0 Å². The van der Waals surface area contributed by atoms with Gasteiger partial charge >= 0.3 is 0 Å². The minimum atomic E-state index is 0.233. The highest BCUT2D eigenvalue weighted by atomic mass is 32.1. The number of nitrogens with two attached hydrogens (primary N) is 1. The summed E-state index contributed by atoms with van der Waals surface area (Å²) in [5, 5.41) is 3.25. The summed E-state index contributed by atoms with van der Waals surface area (Å²) in [5.74, 6) is 0.586. The maximum atomic E-state index is 5.63. The summed E-state index contributed by atoms with van der Waals surface area (Å²) in [4.78, 5) is 8.61. The van der Waals surface area contributed by atoms with Gasteiger partial charge in [-0.1, -0.05) is 30.4 Å². The van der Waals surface area contributed by atoms with Gasteiger partial charge in [0.25, 0.3) is 0 Å². The number of rotatable bonds is 3. The van der Waals surface area contributed by atoms with Crippen molar-refractivity contribution >= 4 is 28.7 Å². The molecule has 1 aromatic heterocycles. The van der Waals surface area contributed by atoms with Gasteiger partial charge < -0.3 is 11.1 Å². The Balaban J connectivity index is 2.43. The van der Waals surface area contributed by atoms with Gasteiger partial charge in [-0.3, -0.25) is 0 Å². The number of hydrogen-bond donors (Lipinski definition) is 2. The second kappa shape index (κ2) is 5.10. The summed E-state index contributed by atoms with van der Waals surface area (Å²) in [5.41, 5.74) is 9.42. The lowest BCUT2D eigenvalue weighted by atomic mass is 10.1. The summed E-state index contributed by atoms with van der Waals surface area (Å²) in [7, 11) is 0. The van der Waals surface area contributed by atoms with Crippen molar-refractivity contribution in [2.75, 3.05) is 5.32 Å². The Bertz CT molecular complexity index is 575. The van der Waals surface area contributed by atoms with Gasteiger partial charge in [0.2, 0.25) is 0 Å². The van der Waals surface area contributed by atoms with Gasteiger partial charge in [-0.15, -0.1) is 0 Å². The minimum Gasteiger partial charge on any atom is -0.388 e. The standard InChI is InChI=1S/C13H14N4S/c1-8-4-3-5-9(2)10(8)17-13-11(12(14)18)15-6-7-16-13/h3-7H,1-2H3,(H2,14,18)(H,16,17). The van der Waals surface area contributed by atoms with Gasteiger partial charge in [0.15, 0.2) is 5.82 Å². The summed E-state index contributed by atoms with van der Waals surface area (Å²) in [6.45, 7) is 4.07. The Morgan fingerprint density at radius 1 is 1.17 bits per heavy atom. The molecule has 18 heavy (non-hydrogen) atoms. The fourth-order valence-corrected chi connectivity index (χ4v) is 1.89. The Hall–Kier alpha value is -2.01. The highest BCUT2D eigenvalue weighted by molar-refractivity contribution is 7.80. The summed E-state index contributed by atoms with van der Waals surface area (Å²) in [6, 6.07) is 6.08. The average molecular weight is 258 g/mol. The summed E-state index contributed by atoms with van der Waals surface area (Å²) < 4.78 is 0. The average Bonchev–Trinajstić information content (AvgIpc) is 2.34. The molecule has 0 aliphatic rings. The third-order valence-corrected chi connectivity index (χ3v) is 2.85. The van der Waals surface area contributed by atoms with Gasteiger partial charge in [0, 0.05) is 18.1 Å². The lowest BCUT2D eigenvalue weighted by molar-refractivity contribution is 1.17. The van der Waals surface area contributed by atoms with E-state index in [4.69, 9.17) is 18.0 Å². The first-order valence-corrected chi connectivity index (χ1v) is 5.94. The topological polar surface area (TPSA) is 63.8 Å². The van der Waals surface area contributed by atoms with Gasteiger partial charge in [0.05, 0.1) is 0 Å². The molecule has 0 saturated carbocycles. The highest BCUT2D eigenvalue weighted by Gasteiger charge is 2.10. The van der Waals surface area contributed by atoms with E-state index in [0.717, 1.165) is 16.8 Å². The maximum Gasteiger partial charge on any atom is 0.159 e. The fraction of sp³-hybridized carbons (Fsp3) is 0.154. The number of aryl methyl sites for hydroxylation is 2. The molecule has 0 radical (unpaired) electrons. The molecule has 3 N–H and O–H groups in total. The Morgan fingerprint density at radius 3 is 2.39 bits per heavy atom. The summed E-state index contributed by atoms with van der Waals surface area (Å²) in [6.07, 6.45) is 3.18. The number of para-hydroxylation sites is 1. The van der Waals surface area contributed by atoms with E-state index >= 15 is 0 Å². The fourth-order valence-electron chi connectivity index (χ4n) is 1.74. The van der Waals surface area contributed by atoms with Crippen LogP contribution in [-0.2, 0) is 0 Å². The Morgan fingerprint density at radius 2 is 1.78 bits per heavy atom. The van der Waals surface area contributed by atoms with E-state index < -0.39 is 0 Å². The van der Waals surface area contributed by atoms with Gasteiger partial charge in [0.1, 0.15) is 10.7 Å². The van der Waals surface area contributed by atoms with Crippen LogP contribution >= 0.6 is 12.2 Å². The molecular weight excluding hydrogens is 244 g/mol. The van der Waals surface area contributed by atoms with Crippen molar-refractivity contribution in [1.82, 2.24) is 9.97 Å². The molecule has 5 heteroatoms. The van der Waals surface area contributed by atoms with Crippen LogP contribution in [0.1, 0.15) is 16.8 Å². The lowest BCUT2D eigenvalue weighted by Gasteiger charge is -2.13. The second-order valence-electron chi connectivity index (χ2n) is 4.01. The van der Waals surface area contributed by atoms with Crippen LogP contribution < -0.4 is 11.1 Å². The normalized spacial score (nSPS) is 10.1. The Kier molecular flexibility index (Phi) is 3.53. The molecule has 2 aromatic rings. The molecule has 0 aliphatic carbocycles. The number of nitrogens with zero attached hydrogens (tertiary/aromatic N) is 2. The number of benzene rings is 1. The van der Waals surface area contributed by atoms with E-state index in [2.05, 4.69) is 15.3 Å². The van der Waals surface area contributed by atoms with Crippen molar-refractivity contribution < 1.29 is 0 Å². The first kappa shape index (κ1) is 12.4. The van der Waals surface area contributed by atoms with E-state index in [1.54, 1.807) is 12.4 Å². The molecular formula is C13H14N4S. The zero-order valence-electron chi connectivity index (χ0n) is 10.3. The van der Waals surface area contributed by atoms with Gasteiger partial charge in [-0.25, -0.2) is 9.97 Å². The molecule has 0 aliphatic heterocycles. The first-order chi connectivity index (χ1) is 8.59. The summed E-state index contributed by atoms with van der Waals surface area (Å²) >= 11 is 4.97. The van der Waals surface area contributed by atoms with E-state index in [0.29, 0.717) is 11.5 Å². The van der Waals surface area contributed by atoms with Crippen LogP contribution in [0.3, 0.4) is 0 Å². The molecule has 92 valence electrons. The van der Waals surface area contributed by atoms with E-state index in [9.17, 15) is 0 Å². The van der Waals surface area contributed by atoms with Gasteiger partial charge in [-0.05, 0) is 25.0 Å². The van der Waals surface area contributed by atoms with Crippen LogP contribution in [0.4, 0.5) is 11.5 Å².